The summed E-state index contributed by atoms with van der Waals surface area (Å²) in [6, 6.07) is 7.06. The van der Waals surface area contributed by atoms with Crippen LogP contribution in [-0.2, 0) is 6.54 Å². The number of aromatic nitrogens is 3. The molecule has 2 heterocycles. The summed E-state index contributed by atoms with van der Waals surface area (Å²) in [5.74, 6) is -0.158. The Bertz CT molecular complexity index is 997. The fourth-order valence-corrected chi connectivity index (χ4v) is 3.80. The lowest BCUT2D eigenvalue weighted by Gasteiger charge is -2.26. The number of aliphatic hydroxyl groups is 1. The van der Waals surface area contributed by atoms with Crippen LogP contribution in [0, 0.1) is 0 Å². The molecule has 2 aromatic heterocycles. The van der Waals surface area contributed by atoms with Crippen LogP contribution in [0.15, 0.2) is 39.8 Å². The second-order valence-electron chi connectivity index (χ2n) is 7.15. The number of hydrogen-bond acceptors (Lipinski definition) is 5. The monoisotopic (exact) mass is 370 g/mol. The van der Waals surface area contributed by atoms with Gasteiger partial charge in [0, 0.05) is 24.7 Å². The van der Waals surface area contributed by atoms with Crippen molar-refractivity contribution in [2.45, 2.75) is 44.4 Å². The Labute approximate surface area is 155 Å². The Morgan fingerprint density at radius 2 is 2.11 bits per heavy atom. The number of aliphatic hydroxyl groups excluding tert-OH is 1. The zero-order valence-electron chi connectivity index (χ0n) is 15.1. The minimum absolute atomic E-state index is 0.0750. The first-order valence-electron chi connectivity index (χ1n) is 9.10. The molecule has 4 rings (SSSR count). The predicted molar refractivity (Wildman–Crippen MR) is 98.4 cm³/mol. The van der Waals surface area contributed by atoms with Crippen molar-refractivity contribution in [2.75, 3.05) is 7.05 Å². The van der Waals surface area contributed by atoms with Crippen molar-refractivity contribution in [2.24, 2.45) is 0 Å². The Hall–Kier alpha value is -2.87. The largest absolute Gasteiger partial charge is 0.393 e. The summed E-state index contributed by atoms with van der Waals surface area (Å²) in [6.07, 6.45) is 4.15. The minimum Gasteiger partial charge on any atom is -0.393 e. The van der Waals surface area contributed by atoms with E-state index < -0.39 is 0 Å². The number of rotatable bonds is 4. The van der Waals surface area contributed by atoms with Crippen molar-refractivity contribution < 1.29 is 14.4 Å². The van der Waals surface area contributed by atoms with Crippen molar-refractivity contribution in [1.29, 1.82) is 0 Å². The van der Waals surface area contributed by atoms with E-state index in [9.17, 15) is 14.7 Å². The molecule has 1 saturated carbocycles. The van der Waals surface area contributed by atoms with Crippen LogP contribution in [0.4, 0.5) is 0 Å². The third-order valence-corrected chi connectivity index (χ3v) is 5.23. The first-order chi connectivity index (χ1) is 13.0. The predicted octanol–water partition coefficient (Wildman–Crippen LogP) is 2.07. The van der Waals surface area contributed by atoms with E-state index in [0.717, 1.165) is 18.4 Å². The smallest absolute Gasteiger partial charge is 0.326 e. The molecule has 0 radical (unpaired) electrons. The van der Waals surface area contributed by atoms with Gasteiger partial charge in [0.15, 0.2) is 0 Å². The first-order valence-corrected chi connectivity index (χ1v) is 9.10. The third-order valence-electron chi connectivity index (χ3n) is 5.23. The molecule has 0 unspecified atom stereocenters. The molecule has 8 nitrogen and oxygen atoms in total. The van der Waals surface area contributed by atoms with Crippen LogP contribution < -0.4 is 5.69 Å². The molecule has 1 aromatic carbocycles. The number of carbonyl (C=O) groups excluding carboxylic acids is 1. The Balaban J connectivity index is 1.59. The second kappa shape index (κ2) is 7.03. The molecular weight excluding hydrogens is 348 g/mol. The summed E-state index contributed by atoms with van der Waals surface area (Å²) in [6.45, 7) is 0.343. The molecule has 27 heavy (non-hydrogen) atoms. The number of imidazole rings is 1. The molecule has 2 N–H and O–H groups in total. The lowest BCUT2D eigenvalue weighted by atomic mass is 9.93. The number of carbonyl (C=O) groups is 1. The van der Waals surface area contributed by atoms with Crippen molar-refractivity contribution in [3.8, 4) is 0 Å². The van der Waals surface area contributed by atoms with Gasteiger partial charge in [-0.1, -0.05) is 5.16 Å². The molecule has 1 amide bonds. The molecule has 0 saturated heterocycles. The van der Waals surface area contributed by atoms with Crippen LogP contribution in [0.1, 0.15) is 47.8 Å². The lowest BCUT2D eigenvalue weighted by molar-refractivity contribution is 0.0782. The number of fused-ring (bicyclic) bond motifs is 1. The number of aromatic amines is 1. The maximum absolute atomic E-state index is 12.7. The highest BCUT2D eigenvalue weighted by molar-refractivity contribution is 5.97. The Morgan fingerprint density at radius 1 is 1.33 bits per heavy atom. The van der Waals surface area contributed by atoms with E-state index in [1.807, 2.05) is 6.07 Å². The average molecular weight is 370 g/mol. The summed E-state index contributed by atoms with van der Waals surface area (Å²) < 4.78 is 6.55. The molecule has 1 aliphatic rings. The van der Waals surface area contributed by atoms with Crippen LogP contribution in [0.5, 0.6) is 0 Å². The van der Waals surface area contributed by atoms with Gasteiger partial charge in [0.05, 0.1) is 23.7 Å². The van der Waals surface area contributed by atoms with Crippen LogP contribution >= 0.6 is 0 Å². The number of benzene rings is 1. The topological polar surface area (TPSA) is 104 Å². The minimum atomic E-state index is -0.272. The van der Waals surface area contributed by atoms with E-state index in [-0.39, 0.29) is 23.7 Å². The van der Waals surface area contributed by atoms with Gasteiger partial charge in [-0.3, -0.25) is 9.36 Å². The van der Waals surface area contributed by atoms with E-state index in [0.29, 0.717) is 36.2 Å². The van der Waals surface area contributed by atoms with Gasteiger partial charge in [0.2, 0.25) is 0 Å². The van der Waals surface area contributed by atoms with Gasteiger partial charge in [-0.25, -0.2) is 4.79 Å². The fourth-order valence-electron chi connectivity index (χ4n) is 3.80. The SMILES string of the molecule is CN(Cc1ccon1)C(=O)c1ccc2c(c1)[nH]c(=O)n2C1CCC(O)CC1. The highest BCUT2D eigenvalue weighted by atomic mass is 16.5. The Kier molecular flexibility index (Phi) is 4.57. The molecule has 0 aliphatic heterocycles. The lowest BCUT2D eigenvalue weighted by Crippen LogP contribution is -2.27. The van der Waals surface area contributed by atoms with Crippen LogP contribution in [0.3, 0.4) is 0 Å². The number of H-pyrrole nitrogens is 1. The van der Waals surface area contributed by atoms with E-state index in [2.05, 4.69) is 10.1 Å². The maximum atomic E-state index is 12.7. The number of nitrogens with zero attached hydrogens (tertiary/aromatic N) is 3. The number of amides is 1. The van der Waals surface area contributed by atoms with Gasteiger partial charge in [-0.2, -0.15) is 0 Å². The van der Waals surface area contributed by atoms with Crippen molar-refractivity contribution in [3.05, 3.63) is 52.3 Å². The number of nitrogens with one attached hydrogen (secondary N) is 1. The van der Waals surface area contributed by atoms with Gasteiger partial charge in [0.25, 0.3) is 5.91 Å². The number of hydrogen-bond donors (Lipinski definition) is 2. The highest BCUT2D eigenvalue weighted by Gasteiger charge is 2.24. The molecule has 0 bridgehead atoms. The molecule has 142 valence electrons. The molecule has 8 heteroatoms. The third kappa shape index (κ3) is 3.40. The van der Waals surface area contributed by atoms with E-state index >= 15 is 0 Å². The maximum Gasteiger partial charge on any atom is 0.326 e. The molecule has 1 aliphatic carbocycles. The molecular formula is C19H22N4O4. The van der Waals surface area contributed by atoms with Crippen LogP contribution in [0.25, 0.3) is 11.0 Å². The van der Waals surface area contributed by atoms with Crippen LogP contribution in [0.2, 0.25) is 0 Å². The summed E-state index contributed by atoms with van der Waals surface area (Å²) in [7, 11) is 1.70. The highest BCUT2D eigenvalue weighted by Crippen LogP contribution is 2.30. The zero-order chi connectivity index (χ0) is 19.0. The van der Waals surface area contributed by atoms with Gasteiger partial charge in [0.1, 0.15) is 12.0 Å². The Morgan fingerprint density at radius 3 is 2.81 bits per heavy atom. The summed E-state index contributed by atoms with van der Waals surface area (Å²) >= 11 is 0. The molecule has 0 atom stereocenters. The quantitative estimate of drug-likeness (QED) is 0.731. The van der Waals surface area contributed by atoms with E-state index in [1.54, 1.807) is 34.7 Å². The summed E-state index contributed by atoms with van der Waals surface area (Å²) in [5, 5.41) is 13.5. The van der Waals surface area contributed by atoms with Gasteiger partial charge in [-0.15, -0.1) is 0 Å². The fraction of sp³-hybridized carbons (Fsp3) is 0.421. The first kappa shape index (κ1) is 17.5. The van der Waals surface area contributed by atoms with Crippen molar-refractivity contribution >= 4 is 16.9 Å². The van der Waals surface area contributed by atoms with E-state index in [4.69, 9.17) is 4.52 Å². The average Bonchev–Trinajstić information content (AvgIpc) is 3.28. The van der Waals surface area contributed by atoms with Crippen molar-refractivity contribution in [1.82, 2.24) is 19.6 Å². The summed E-state index contributed by atoms with van der Waals surface area (Å²) in [4.78, 5) is 29.6. The normalized spacial score (nSPS) is 20.1. The second-order valence-corrected chi connectivity index (χ2v) is 7.15. The van der Waals surface area contributed by atoms with Gasteiger partial charge < -0.3 is 19.5 Å². The molecule has 1 fully saturated rings. The van der Waals surface area contributed by atoms with Gasteiger partial charge >= 0.3 is 5.69 Å². The van der Waals surface area contributed by atoms with Gasteiger partial charge in [-0.05, 0) is 43.9 Å². The molecule has 3 aromatic rings. The zero-order valence-corrected chi connectivity index (χ0v) is 15.1. The van der Waals surface area contributed by atoms with E-state index in [1.165, 1.54) is 6.26 Å². The molecule has 0 spiro atoms. The van der Waals surface area contributed by atoms with Crippen LogP contribution in [-0.4, -0.2) is 43.8 Å². The summed E-state index contributed by atoms with van der Waals surface area (Å²) in [5.41, 5.74) is 2.43. The van der Waals surface area contributed by atoms with Crippen molar-refractivity contribution in [3.63, 3.8) is 0 Å². The standard InChI is InChI=1S/C19H22N4O4/c1-22(11-13-8-9-27-21-13)18(25)12-2-7-17-16(10-12)20-19(26)23(17)14-3-5-15(24)6-4-14/h2,7-10,14-15,24H,3-6,11H2,1H3,(H,20,26).